The lowest BCUT2D eigenvalue weighted by atomic mass is 10.2. The summed E-state index contributed by atoms with van der Waals surface area (Å²) in [6.45, 7) is 2.79. The Morgan fingerprint density at radius 3 is 2.80 bits per heavy atom. The van der Waals surface area contributed by atoms with E-state index in [2.05, 4.69) is 9.64 Å². The molecule has 108 valence electrons. The molecule has 0 fully saturated rings. The molecule has 4 nitrogen and oxygen atoms in total. The number of hydrogen-bond acceptors (Lipinski definition) is 5. The van der Waals surface area contributed by atoms with Crippen LogP contribution in [0.5, 0.6) is 0 Å². The van der Waals surface area contributed by atoms with Crippen LogP contribution < -0.4 is 0 Å². The predicted molar refractivity (Wildman–Crippen MR) is 79.3 cm³/mol. The second-order valence-electron chi connectivity index (χ2n) is 4.49. The minimum atomic E-state index is -0.462. The highest BCUT2D eigenvalue weighted by Crippen LogP contribution is 2.27. The van der Waals surface area contributed by atoms with Crippen LogP contribution in [0.25, 0.3) is 0 Å². The van der Waals surface area contributed by atoms with Crippen molar-refractivity contribution in [2.75, 3.05) is 14.2 Å². The topological polar surface area (TPSA) is 42.7 Å². The molecule has 0 spiro atoms. The highest BCUT2D eigenvalue weighted by atomic mass is 35.5. The number of carbonyl (C=O) groups excluding carboxylic acids is 1. The fourth-order valence-electron chi connectivity index (χ4n) is 1.82. The van der Waals surface area contributed by atoms with E-state index < -0.39 is 5.97 Å². The third-order valence-electron chi connectivity index (χ3n) is 3.12. The SMILES string of the molecule is COC(=O)c1ccc([C@@H](C)N(C)Cc2ccc(Cl)s2)o1. The zero-order valence-electron chi connectivity index (χ0n) is 11.6. The van der Waals surface area contributed by atoms with E-state index in [1.807, 2.05) is 26.1 Å². The molecule has 0 aliphatic heterocycles. The van der Waals surface area contributed by atoms with E-state index in [0.29, 0.717) is 0 Å². The van der Waals surface area contributed by atoms with Gasteiger partial charge < -0.3 is 9.15 Å². The Bertz CT molecular complexity index is 593. The molecule has 0 aliphatic carbocycles. The normalized spacial score (nSPS) is 12.7. The van der Waals surface area contributed by atoms with Crippen LogP contribution in [0.4, 0.5) is 0 Å². The highest BCUT2D eigenvalue weighted by molar-refractivity contribution is 7.16. The molecule has 0 N–H and O–H groups in total. The number of methoxy groups -OCH3 is 1. The zero-order valence-corrected chi connectivity index (χ0v) is 13.1. The fraction of sp³-hybridized carbons (Fsp3) is 0.357. The summed E-state index contributed by atoms with van der Waals surface area (Å²) in [6, 6.07) is 7.39. The maximum atomic E-state index is 11.4. The zero-order chi connectivity index (χ0) is 14.7. The summed E-state index contributed by atoms with van der Waals surface area (Å²) in [5.41, 5.74) is 0. The van der Waals surface area contributed by atoms with Crippen molar-refractivity contribution in [2.45, 2.75) is 19.5 Å². The van der Waals surface area contributed by atoms with Crippen molar-refractivity contribution in [1.82, 2.24) is 4.90 Å². The lowest BCUT2D eigenvalue weighted by molar-refractivity contribution is 0.0559. The summed E-state index contributed by atoms with van der Waals surface area (Å²) in [4.78, 5) is 14.7. The molecular formula is C14H16ClNO3S. The van der Waals surface area contributed by atoms with Crippen molar-refractivity contribution in [2.24, 2.45) is 0 Å². The fourth-order valence-corrected chi connectivity index (χ4v) is 2.98. The number of carbonyl (C=O) groups is 1. The van der Waals surface area contributed by atoms with E-state index in [1.54, 1.807) is 23.5 Å². The summed E-state index contributed by atoms with van der Waals surface area (Å²) in [5, 5.41) is 0. The van der Waals surface area contributed by atoms with E-state index in [9.17, 15) is 4.79 Å². The first-order valence-electron chi connectivity index (χ1n) is 6.13. The van der Waals surface area contributed by atoms with Crippen molar-refractivity contribution >= 4 is 28.9 Å². The first kappa shape index (κ1) is 15.1. The van der Waals surface area contributed by atoms with Gasteiger partial charge in [-0.05, 0) is 38.2 Å². The molecule has 0 aromatic carbocycles. The molecule has 1 atom stereocenters. The van der Waals surface area contributed by atoms with Crippen LogP contribution in [-0.2, 0) is 11.3 Å². The van der Waals surface area contributed by atoms with Gasteiger partial charge in [0.05, 0.1) is 17.5 Å². The van der Waals surface area contributed by atoms with Crippen molar-refractivity contribution < 1.29 is 13.9 Å². The Morgan fingerprint density at radius 2 is 2.20 bits per heavy atom. The van der Waals surface area contributed by atoms with Gasteiger partial charge in [-0.25, -0.2) is 4.79 Å². The number of esters is 1. The highest BCUT2D eigenvalue weighted by Gasteiger charge is 2.19. The molecule has 0 radical (unpaired) electrons. The van der Waals surface area contributed by atoms with Gasteiger partial charge in [0.1, 0.15) is 5.76 Å². The lowest BCUT2D eigenvalue weighted by Crippen LogP contribution is -2.21. The molecule has 20 heavy (non-hydrogen) atoms. The Hall–Kier alpha value is -1.30. The lowest BCUT2D eigenvalue weighted by Gasteiger charge is -2.22. The van der Waals surface area contributed by atoms with Crippen LogP contribution in [0, 0.1) is 0 Å². The summed E-state index contributed by atoms with van der Waals surface area (Å²) in [7, 11) is 3.33. The van der Waals surface area contributed by atoms with E-state index >= 15 is 0 Å². The third kappa shape index (κ3) is 3.42. The number of hydrogen-bond donors (Lipinski definition) is 0. The summed E-state index contributed by atoms with van der Waals surface area (Å²) in [6.07, 6.45) is 0. The van der Waals surface area contributed by atoms with E-state index in [4.69, 9.17) is 16.0 Å². The summed E-state index contributed by atoms with van der Waals surface area (Å²) < 4.78 is 10.9. The van der Waals surface area contributed by atoms with Crippen molar-refractivity contribution in [1.29, 1.82) is 0 Å². The van der Waals surface area contributed by atoms with Gasteiger partial charge in [0.2, 0.25) is 5.76 Å². The number of furan rings is 1. The van der Waals surface area contributed by atoms with Crippen molar-refractivity contribution in [3.05, 3.63) is 45.0 Å². The molecule has 2 aromatic rings. The molecule has 0 saturated carbocycles. The smallest absolute Gasteiger partial charge is 0.373 e. The monoisotopic (exact) mass is 313 g/mol. The third-order valence-corrected chi connectivity index (χ3v) is 4.34. The van der Waals surface area contributed by atoms with Gasteiger partial charge in [-0.3, -0.25) is 4.90 Å². The minimum absolute atomic E-state index is 0.0503. The summed E-state index contributed by atoms with van der Waals surface area (Å²) >= 11 is 7.49. The quantitative estimate of drug-likeness (QED) is 0.783. The Balaban J connectivity index is 2.04. The molecule has 2 heterocycles. The second-order valence-corrected chi connectivity index (χ2v) is 6.29. The van der Waals surface area contributed by atoms with Gasteiger partial charge in [-0.2, -0.15) is 0 Å². The molecule has 2 aromatic heterocycles. The number of halogens is 1. The molecule has 0 unspecified atom stereocenters. The first-order valence-corrected chi connectivity index (χ1v) is 7.33. The number of rotatable bonds is 5. The van der Waals surface area contributed by atoms with E-state index in [0.717, 1.165) is 16.6 Å². The van der Waals surface area contributed by atoms with Gasteiger partial charge in [0, 0.05) is 11.4 Å². The second kappa shape index (κ2) is 6.43. The Labute approximate surface area is 126 Å². The molecular weight excluding hydrogens is 298 g/mol. The average Bonchev–Trinajstić information content (AvgIpc) is 3.06. The molecule has 0 amide bonds. The maximum Gasteiger partial charge on any atom is 0.373 e. The molecule has 2 rings (SSSR count). The average molecular weight is 314 g/mol. The van der Waals surface area contributed by atoms with Gasteiger partial charge in [0.15, 0.2) is 0 Å². The Kier molecular flexibility index (Phi) is 4.86. The minimum Gasteiger partial charge on any atom is -0.463 e. The Morgan fingerprint density at radius 1 is 1.45 bits per heavy atom. The van der Waals surface area contributed by atoms with Gasteiger partial charge in [-0.15, -0.1) is 11.3 Å². The number of ether oxygens (including phenoxy) is 1. The van der Waals surface area contributed by atoms with Gasteiger partial charge in [0.25, 0.3) is 0 Å². The number of nitrogens with zero attached hydrogens (tertiary/aromatic N) is 1. The molecule has 0 bridgehead atoms. The molecule has 0 aliphatic rings. The van der Waals surface area contributed by atoms with E-state index in [1.165, 1.54) is 12.0 Å². The maximum absolute atomic E-state index is 11.4. The molecule has 0 saturated heterocycles. The number of thiophene rings is 1. The van der Waals surface area contributed by atoms with E-state index in [-0.39, 0.29) is 11.8 Å². The largest absolute Gasteiger partial charge is 0.463 e. The van der Waals surface area contributed by atoms with Gasteiger partial charge >= 0.3 is 5.97 Å². The predicted octanol–water partition coefficient (Wildman–Crippen LogP) is 3.97. The van der Waals surface area contributed by atoms with Gasteiger partial charge in [-0.1, -0.05) is 11.6 Å². The van der Waals surface area contributed by atoms with Crippen molar-refractivity contribution in [3.8, 4) is 0 Å². The molecule has 6 heteroatoms. The standard InChI is InChI=1S/C14H16ClNO3S/c1-9(11-5-6-12(19-11)14(17)18-3)16(2)8-10-4-7-13(15)20-10/h4-7,9H,8H2,1-3H3/t9-/m1/s1. The van der Waals surface area contributed by atoms with Crippen LogP contribution in [-0.4, -0.2) is 25.0 Å². The van der Waals surface area contributed by atoms with Crippen LogP contribution in [0.2, 0.25) is 4.34 Å². The van der Waals surface area contributed by atoms with Crippen LogP contribution >= 0.6 is 22.9 Å². The van der Waals surface area contributed by atoms with Crippen LogP contribution in [0.1, 0.15) is 34.2 Å². The van der Waals surface area contributed by atoms with Crippen LogP contribution in [0.15, 0.2) is 28.7 Å². The van der Waals surface area contributed by atoms with Crippen LogP contribution in [0.3, 0.4) is 0 Å². The first-order chi connectivity index (χ1) is 9.51. The van der Waals surface area contributed by atoms with Crippen molar-refractivity contribution in [3.63, 3.8) is 0 Å². The summed E-state index contributed by atoms with van der Waals surface area (Å²) in [5.74, 6) is 0.494.